The molecule has 8 nitrogen and oxygen atoms in total. The molecule has 0 saturated heterocycles. The van der Waals surface area contributed by atoms with E-state index >= 15 is 0 Å². The largest absolute Gasteiger partial charge is 0.508 e. The molecule has 0 aliphatic carbocycles. The van der Waals surface area contributed by atoms with E-state index in [1.54, 1.807) is 31.2 Å². The predicted octanol–water partition coefficient (Wildman–Crippen LogP) is 1.72. The van der Waals surface area contributed by atoms with Crippen LogP contribution in [0.25, 0.3) is 0 Å². The van der Waals surface area contributed by atoms with Gasteiger partial charge in [-0.1, -0.05) is 6.92 Å². The summed E-state index contributed by atoms with van der Waals surface area (Å²) in [6.45, 7) is 1.71. The SMILES string of the molecule is CCC(C(=O)N/N=C\c1ccc(O)cc1)C(=O)N/N=C\c1ccc(O)cc1. The van der Waals surface area contributed by atoms with Crippen LogP contribution in [-0.4, -0.2) is 34.5 Å². The van der Waals surface area contributed by atoms with Crippen LogP contribution >= 0.6 is 0 Å². The van der Waals surface area contributed by atoms with E-state index in [-0.39, 0.29) is 17.9 Å². The number of nitrogens with one attached hydrogen (secondary N) is 2. The van der Waals surface area contributed by atoms with Gasteiger partial charge in [0.1, 0.15) is 17.4 Å². The minimum absolute atomic E-state index is 0.131. The molecule has 0 radical (unpaired) electrons. The Kier molecular flexibility index (Phi) is 7.07. The van der Waals surface area contributed by atoms with E-state index in [0.717, 1.165) is 0 Å². The summed E-state index contributed by atoms with van der Waals surface area (Å²) in [5, 5.41) is 26.0. The molecule has 27 heavy (non-hydrogen) atoms. The maximum Gasteiger partial charge on any atom is 0.252 e. The Morgan fingerprint density at radius 2 is 1.22 bits per heavy atom. The monoisotopic (exact) mass is 368 g/mol. The zero-order valence-electron chi connectivity index (χ0n) is 14.7. The van der Waals surface area contributed by atoms with Gasteiger partial charge in [-0.05, 0) is 66.1 Å². The summed E-state index contributed by atoms with van der Waals surface area (Å²) in [7, 11) is 0. The number of rotatable bonds is 7. The zero-order chi connectivity index (χ0) is 19.6. The van der Waals surface area contributed by atoms with Gasteiger partial charge >= 0.3 is 0 Å². The van der Waals surface area contributed by atoms with Crippen molar-refractivity contribution in [3.8, 4) is 11.5 Å². The highest BCUT2D eigenvalue weighted by molar-refractivity contribution is 6.00. The molecule has 2 aromatic rings. The lowest BCUT2D eigenvalue weighted by Gasteiger charge is -2.10. The number of hydrogen-bond donors (Lipinski definition) is 4. The molecule has 4 N–H and O–H groups in total. The molecule has 0 bridgehead atoms. The number of nitrogens with zero attached hydrogens (tertiary/aromatic N) is 2. The van der Waals surface area contributed by atoms with E-state index in [1.165, 1.54) is 36.7 Å². The topological polar surface area (TPSA) is 123 Å². The van der Waals surface area contributed by atoms with Crippen molar-refractivity contribution in [2.45, 2.75) is 13.3 Å². The summed E-state index contributed by atoms with van der Waals surface area (Å²) < 4.78 is 0. The first-order valence-electron chi connectivity index (χ1n) is 8.23. The van der Waals surface area contributed by atoms with E-state index in [9.17, 15) is 19.8 Å². The third-order valence-electron chi connectivity index (χ3n) is 3.60. The van der Waals surface area contributed by atoms with Gasteiger partial charge in [-0.25, -0.2) is 10.9 Å². The predicted molar refractivity (Wildman–Crippen MR) is 101 cm³/mol. The van der Waals surface area contributed by atoms with E-state index in [4.69, 9.17) is 0 Å². The zero-order valence-corrected chi connectivity index (χ0v) is 14.7. The Bertz CT molecular complexity index is 760. The minimum atomic E-state index is -0.945. The molecule has 0 aliphatic rings. The highest BCUT2D eigenvalue weighted by Crippen LogP contribution is 2.09. The second-order valence-electron chi connectivity index (χ2n) is 5.61. The van der Waals surface area contributed by atoms with Crippen molar-refractivity contribution in [2.24, 2.45) is 16.1 Å². The standard InChI is InChI=1S/C19H20N4O4/c1-2-17(18(26)22-20-11-13-3-7-15(24)8-4-13)19(27)23-21-12-14-5-9-16(25)10-6-14/h3-12,17,24-25H,2H2,1H3,(H,22,26)(H,23,27)/b20-11-,21-12-. The quantitative estimate of drug-likeness (QED) is 0.337. The number of benzene rings is 2. The lowest BCUT2D eigenvalue weighted by Crippen LogP contribution is -2.37. The lowest BCUT2D eigenvalue weighted by molar-refractivity contribution is -0.135. The highest BCUT2D eigenvalue weighted by Gasteiger charge is 2.24. The lowest BCUT2D eigenvalue weighted by atomic mass is 10.1. The van der Waals surface area contributed by atoms with E-state index in [2.05, 4.69) is 21.1 Å². The highest BCUT2D eigenvalue weighted by atomic mass is 16.3. The van der Waals surface area contributed by atoms with Gasteiger partial charge in [-0.15, -0.1) is 0 Å². The van der Waals surface area contributed by atoms with Crippen LogP contribution in [0, 0.1) is 5.92 Å². The summed E-state index contributed by atoms with van der Waals surface area (Å²) in [5.41, 5.74) is 6.01. The van der Waals surface area contributed by atoms with E-state index in [1.807, 2.05) is 0 Å². The molecule has 2 rings (SSSR count). The number of carbonyl (C=O) groups excluding carboxylic acids is 2. The third kappa shape index (κ3) is 6.28. The summed E-state index contributed by atoms with van der Waals surface area (Å²) >= 11 is 0. The molecule has 0 aliphatic heterocycles. The molecule has 140 valence electrons. The van der Waals surface area contributed by atoms with Gasteiger partial charge in [-0.2, -0.15) is 10.2 Å². The second-order valence-corrected chi connectivity index (χ2v) is 5.61. The molecule has 0 unspecified atom stereocenters. The van der Waals surface area contributed by atoms with Gasteiger partial charge in [0.15, 0.2) is 0 Å². The normalized spacial score (nSPS) is 11.2. The molecule has 0 spiro atoms. The van der Waals surface area contributed by atoms with Crippen molar-refractivity contribution in [1.82, 2.24) is 10.9 Å². The molecular formula is C19H20N4O4. The molecule has 0 fully saturated rings. The Morgan fingerprint density at radius 3 is 1.56 bits per heavy atom. The third-order valence-corrected chi connectivity index (χ3v) is 3.60. The minimum Gasteiger partial charge on any atom is -0.508 e. The van der Waals surface area contributed by atoms with Crippen molar-refractivity contribution in [3.63, 3.8) is 0 Å². The maximum atomic E-state index is 12.1. The number of hydrogen-bond acceptors (Lipinski definition) is 6. The van der Waals surface area contributed by atoms with Gasteiger partial charge in [0, 0.05) is 0 Å². The van der Waals surface area contributed by atoms with Crippen molar-refractivity contribution < 1.29 is 19.8 Å². The Hall–Kier alpha value is -3.68. The van der Waals surface area contributed by atoms with Crippen LogP contribution in [0.1, 0.15) is 24.5 Å². The van der Waals surface area contributed by atoms with Crippen LogP contribution in [0.3, 0.4) is 0 Å². The van der Waals surface area contributed by atoms with Crippen molar-refractivity contribution >= 4 is 24.2 Å². The number of phenols is 2. The van der Waals surface area contributed by atoms with Crippen LogP contribution in [0.5, 0.6) is 11.5 Å². The number of amides is 2. The molecule has 0 saturated carbocycles. The Labute approximate surface area is 156 Å². The Balaban J connectivity index is 1.87. The van der Waals surface area contributed by atoms with E-state index < -0.39 is 17.7 Å². The van der Waals surface area contributed by atoms with Crippen molar-refractivity contribution in [3.05, 3.63) is 59.7 Å². The Morgan fingerprint density at radius 1 is 0.852 bits per heavy atom. The summed E-state index contributed by atoms with van der Waals surface area (Å²) in [4.78, 5) is 24.3. The number of carbonyl (C=O) groups is 2. The summed E-state index contributed by atoms with van der Waals surface area (Å²) in [5.74, 6) is -1.79. The van der Waals surface area contributed by atoms with Gasteiger partial charge in [0.05, 0.1) is 12.4 Å². The summed E-state index contributed by atoms with van der Waals surface area (Å²) in [6, 6.07) is 12.5. The van der Waals surface area contributed by atoms with Crippen LogP contribution in [0.4, 0.5) is 0 Å². The van der Waals surface area contributed by atoms with Gasteiger partial charge in [-0.3, -0.25) is 9.59 Å². The number of hydrazone groups is 2. The summed E-state index contributed by atoms with van der Waals surface area (Å²) in [6.07, 6.45) is 3.09. The first kappa shape index (κ1) is 19.6. The first-order chi connectivity index (χ1) is 13.0. The molecule has 0 aromatic heterocycles. The smallest absolute Gasteiger partial charge is 0.252 e. The van der Waals surface area contributed by atoms with Crippen molar-refractivity contribution in [1.29, 1.82) is 0 Å². The maximum absolute atomic E-state index is 12.1. The molecule has 2 aromatic carbocycles. The van der Waals surface area contributed by atoms with Crippen LogP contribution < -0.4 is 10.9 Å². The van der Waals surface area contributed by atoms with Crippen LogP contribution in [-0.2, 0) is 9.59 Å². The van der Waals surface area contributed by atoms with Gasteiger partial charge < -0.3 is 10.2 Å². The molecule has 0 atom stereocenters. The number of aromatic hydroxyl groups is 2. The molecule has 0 heterocycles. The fourth-order valence-electron chi connectivity index (χ4n) is 2.11. The number of phenolic OH excluding ortho intramolecular Hbond substituents is 2. The van der Waals surface area contributed by atoms with E-state index in [0.29, 0.717) is 11.1 Å². The van der Waals surface area contributed by atoms with Gasteiger partial charge in [0.2, 0.25) is 0 Å². The molecular weight excluding hydrogens is 348 g/mol. The average molecular weight is 368 g/mol. The van der Waals surface area contributed by atoms with Crippen LogP contribution in [0.2, 0.25) is 0 Å². The van der Waals surface area contributed by atoms with Crippen LogP contribution in [0.15, 0.2) is 58.7 Å². The molecule has 8 heteroatoms. The average Bonchev–Trinajstić information content (AvgIpc) is 2.65. The second kappa shape index (κ2) is 9.71. The fraction of sp³-hybridized carbons (Fsp3) is 0.158. The molecule has 2 amide bonds. The fourth-order valence-corrected chi connectivity index (χ4v) is 2.11. The first-order valence-corrected chi connectivity index (χ1v) is 8.23. The van der Waals surface area contributed by atoms with Gasteiger partial charge in [0.25, 0.3) is 11.8 Å². The van der Waals surface area contributed by atoms with Crippen molar-refractivity contribution in [2.75, 3.05) is 0 Å².